The number of hydrogen-bond acceptors (Lipinski definition) is 2. The van der Waals surface area contributed by atoms with E-state index in [1.165, 1.54) is 0 Å². The van der Waals surface area contributed by atoms with Crippen LogP contribution >= 0.6 is 23.2 Å². The van der Waals surface area contributed by atoms with Gasteiger partial charge in [0.2, 0.25) is 0 Å². The summed E-state index contributed by atoms with van der Waals surface area (Å²) in [6.07, 6.45) is 0.816. The molecule has 0 aliphatic rings. The first-order valence-electron chi connectivity index (χ1n) is 6.02. The summed E-state index contributed by atoms with van der Waals surface area (Å²) < 4.78 is 1.70. The van der Waals surface area contributed by atoms with Crippen LogP contribution in [0.3, 0.4) is 0 Å². The van der Waals surface area contributed by atoms with Crippen molar-refractivity contribution in [2.24, 2.45) is 7.05 Å². The van der Waals surface area contributed by atoms with Crippen molar-refractivity contribution >= 4 is 29.1 Å². The van der Waals surface area contributed by atoms with E-state index in [-0.39, 0.29) is 12.5 Å². The van der Waals surface area contributed by atoms with E-state index in [4.69, 9.17) is 23.2 Å². The number of nitrogens with zero attached hydrogens (tertiary/aromatic N) is 1. The predicted octanol–water partition coefficient (Wildman–Crippen LogP) is 2.80. The number of aliphatic hydroxyl groups excluding tert-OH is 1. The average Bonchev–Trinajstić information content (AvgIpc) is 2.82. The molecule has 0 fully saturated rings. The van der Waals surface area contributed by atoms with Crippen LogP contribution in [0.1, 0.15) is 22.2 Å². The van der Waals surface area contributed by atoms with E-state index in [9.17, 15) is 9.90 Å². The lowest BCUT2D eigenvalue weighted by molar-refractivity contribution is 0.0908. The van der Waals surface area contributed by atoms with E-state index in [0.717, 1.165) is 0 Å². The van der Waals surface area contributed by atoms with E-state index in [0.29, 0.717) is 21.3 Å². The van der Waals surface area contributed by atoms with Crippen LogP contribution in [0, 0.1) is 0 Å². The Labute approximate surface area is 126 Å². The Balaban J connectivity index is 2.04. The lowest BCUT2D eigenvalue weighted by Crippen LogP contribution is -2.29. The number of nitrogens with one attached hydrogen (secondary N) is 1. The maximum Gasteiger partial charge on any atom is 0.267 e. The second kappa shape index (κ2) is 6.31. The number of aromatic nitrogens is 1. The second-order valence-electron chi connectivity index (χ2n) is 4.37. The van der Waals surface area contributed by atoms with E-state index in [2.05, 4.69) is 5.32 Å². The normalized spacial score (nSPS) is 12.2. The fraction of sp³-hybridized carbons (Fsp3) is 0.214. The zero-order valence-electron chi connectivity index (χ0n) is 10.8. The fourth-order valence-corrected chi connectivity index (χ4v) is 2.56. The van der Waals surface area contributed by atoms with Crippen LogP contribution < -0.4 is 5.32 Å². The van der Waals surface area contributed by atoms with Crippen LogP contribution in [0.25, 0.3) is 0 Å². The molecule has 2 N–H and O–H groups in total. The van der Waals surface area contributed by atoms with E-state index in [1.807, 2.05) is 0 Å². The third kappa shape index (κ3) is 3.15. The van der Waals surface area contributed by atoms with Crippen LogP contribution in [0.2, 0.25) is 10.0 Å². The summed E-state index contributed by atoms with van der Waals surface area (Å²) in [6, 6.07) is 8.46. The van der Waals surface area contributed by atoms with Crippen LogP contribution in [0.15, 0.2) is 36.5 Å². The fourth-order valence-electron chi connectivity index (χ4n) is 1.91. The molecule has 0 aliphatic carbocycles. The highest BCUT2D eigenvalue weighted by Gasteiger charge is 2.17. The lowest BCUT2D eigenvalue weighted by Gasteiger charge is -2.15. The third-order valence-corrected chi connectivity index (χ3v) is 3.62. The molecule has 6 heteroatoms. The van der Waals surface area contributed by atoms with Crippen molar-refractivity contribution in [1.29, 1.82) is 0 Å². The SMILES string of the molecule is Cn1cccc1C(=O)NCC(O)c1c(Cl)cccc1Cl. The molecular weight excluding hydrogens is 299 g/mol. The van der Waals surface area contributed by atoms with Crippen molar-refractivity contribution in [1.82, 2.24) is 9.88 Å². The molecule has 1 aromatic heterocycles. The molecule has 1 atom stereocenters. The largest absolute Gasteiger partial charge is 0.386 e. The summed E-state index contributed by atoms with van der Waals surface area (Å²) >= 11 is 12.0. The highest BCUT2D eigenvalue weighted by molar-refractivity contribution is 6.36. The molecule has 1 aromatic carbocycles. The van der Waals surface area contributed by atoms with Crippen molar-refractivity contribution in [2.45, 2.75) is 6.10 Å². The van der Waals surface area contributed by atoms with Gasteiger partial charge in [0, 0.05) is 35.4 Å². The summed E-state index contributed by atoms with van der Waals surface area (Å²) in [7, 11) is 1.77. The van der Waals surface area contributed by atoms with Gasteiger partial charge in [-0.05, 0) is 24.3 Å². The van der Waals surface area contributed by atoms with Crippen LogP contribution in [0.5, 0.6) is 0 Å². The summed E-state index contributed by atoms with van der Waals surface area (Å²) in [5.41, 5.74) is 0.936. The molecule has 20 heavy (non-hydrogen) atoms. The van der Waals surface area contributed by atoms with E-state index in [1.54, 1.807) is 48.1 Å². The maximum absolute atomic E-state index is 11.9. The molecule has 106 valence electrons. The third-order valence-electron chi connectivity index (χ3n) is 2.97. The molecule has 0 spiro atoms. The zero-order chi connectivity index (χ0) is 14.7. The van der Waals surface area contributed by atoms with Crippen molar-refractivity contribution in [2.75, 3.05) is 6.54 Å². The zero-order valence-corrected chi connectivity index (χ0v) is 12.3. The molecule has 0 radical (unpaired) electrons. The van der Waals surface area contributed by atoms with Gasteiger partial charge in [0.15, 0.2) is 0 Å². The number of hydrogen-bond donors (Lipinski definition) is 2. The first kappa shape index (κ1) is 14.9. The molecule has 1 unspecified atom stereocenters. The molecule has 0 saturated heterocycles. The lowest BCUT2D eigenvalue weighted by atomic mass is 10.1. The Morgan fingerprint density at radius 2 is 1.95 bits per heavy atom. The van der Waals surface area contributed by atoms with Crippen molar-refractivity contribution in [3.8, 4) is 0 Å². The molecular formula is C14H14Cl2N2O2. The minimum Gasteiger partial charge on any atom is -0.386 e. The van der Waals surface area contributed by atoms with Gasteiger partial charge in [-0.15, -0.1) is 0 Å². The highest BCUT2D eigenvalue weighted by Crippen LogP contribution is 2.29. The first-order chi connectivity index (χ1) is 9.50. The van der Waals surface area contributed by atoms with Gasteiger partial charge in [-0.1, -0.05) is 29.3 Å². The van der Waals surface area contributed by atoms with Crippen molar-refractivity contribution < 1.29 is 9.90 Å². The predicted molar refractivity (Wildman–Crippen MR) is 79.2 cm³/mol. The topological polar surface area (TPSA) is 54.3 Å². The van der Waals surface area contributed by atoms with Gasteiger partial charge in [0.05, 0.1) is 6.10 Å². The van der Waals surface area contributed by atoms with Gasteiger partial charge < -0.3 is 15.0 Å². The van der Waals surface area contributed by atoms with Gasteiger partial charge >= 0.3 is 0 Å². The van der Waals surface area contributed by atoms with Crippen molar-refractivity contribution in [3.63, 3.8) is 0 Å². The Bertz CT molecular complexity index is 605. The van der Waals surface area contributed by atoms with E-state index < -0.39 is 6.10 Å². The van der Waals surface area contributed by atoms with Gasteiger partial charge in [-0.25, -0.2) is 0 Å². The second-order valence-corrected chi connectivity index (χ2v) is 5.18. The number of aryl methyl sites for hydroxylation is 1. The number of rotatable bonds is 4. The summed E-state index contributed by atoms with van der Waals surface area (Å²) in [6.45, 7) is 0.0352. The Kier molecular flexibility index (Phi) is 4.70. The van der Waals surface area contributed by atoms with Gasteiger partial charge in [-0.2, -0.15) is 0 Å². The van der Waals surface area contributed by atoms with Gasteiger partial charge in [0.1, 0.15) is 5.69 Å². The maximum atomic E-state index is 11.9. The summed E-state index contributed by atoms with van der Waals surface area (Å²) in [4.78, 5) is 11.9. The number of carbonyl (C=O) groups is 1. The highest BCUT2D eigenvalue weighted by atomic mass is 35.5. The van der Waals surface area contributed by atoms with Crippen LogP contribution in [0.4, 0.5) is 0 Å². The van der Waals surface area contributed by atoms with Gasteiger partial charge in [0.25, 0.3) is 5.91 Å². The number of amides is 1. The Morgan fingerprint density at radius 3 is 2.50 bits per heavy atom. The van der Waals surface area contributed by atoms with Crippen LogP contribution in [-0.4, -0.2) is 22.1 Å². The molecule has 1 amide bonds. The summed E-state index contributed by atoms with van der Waals surface area (Å²) in [5, 5.41) is 13.5. The number of halogens is 2. The molecule has 0 saturated carbocycles. The molecule has 2 aromatic rings. The number of benzene rings is 1. The Hall–Kier alpha value is -1.49. The minimum atomic E-state index is -0.958. The molecule has 2 rings (SSSR count). The monoisotopic (exact) mass is 312 g/mol. The molecule has 0 bridgehead atoms. The standard InChI is InChI=1S/C14H14Cl2N2O2/c1-18-7-3-6-11(18)14(20)17-8-12(19)13-9(15)4-2-5-10(13)16/h2-7,12,19H,8H2,1H3,(H,17,20). The molecule has 0 aliphatic heterocycles. The quantitative estimate of drug-likeness (QED) is 0.912. The minimum absolute atomic E-state index is 0.0352. The number of carbonyl (C=O) groups excluding carboxylic acids is 1. The average molecular weight is 313 g/mol. The van der Waals surface area contributed by atoms with Crippen LogP contribution in [-0.2, 0) is 7.05 Å². The first-order valence-corrected chi connectivity index (χ1v) is 6.78. The molecule has 4 nitrogen and oxygen atoms in total. The summed E-state index contributed by atoms with van der Waals surface area (Å²) in [5.74, 6) is -0.264. The Morgan fingerprint density at radius 1 is 1.30 bits per heavy atom. The van der Waals surface area contributed by atoms with Crippen molar-refractivity contribution in [3.05, 3.63) is 57.8 Å². The number of aliphatic hydroxyl groups is 1. The van der Waals surface area contributed by atoms with E-state index >= 15 is 0 Å². The smallest absolute Gasteiger partial charge is 0.267 e. The van der Waals surface area contributed by atoms with Gasteiger partial charge in [-0.3, -0.25) is 4.79 Å². The molecule has 1 heterocycles.